The van der Waals surface area contributed by atoms with Gasteiger partial charge in [-0.15, -0.1) is 16.4 Å². The van der Waals surface area contributed by atoms with E-state index in [1.165, 1.54) is 16.0 Å². The van der Waals surface area contributed by atoms with Crippen molar-refractivity contribution in [1.29, 1.82) is 0 Å². The average Bonchev–Trinajstić information content (AvgIpc) is 2.57. The molecule has 0 saturated heterocycles. The van der Waals surface area contributed by atoms with Gasteiger partial charge in [0.05, 0.1) is 9.90 Å². The zero-order valence-electron chi connectivity index (χ0n) is 7.16. The van der Waals surface area contributed by atoms with E-state index >= 15 is 0 Å². The first-order valence-corrected chi connectivity index (χ1v) is 5.27. The number of hydrogen-bond donors (Lipinski definition) is 1. The zero-order chi connectivity index (χ0) is 10.3. The van der Waals surface area contributed by atoms with Crippen LogP contribution in [0.4, 0.5) is 5.95 Å². The molecule has 0 fully saturated rings. The summed E-state index contributed by atoms with van der Waals surface area (Å²) in [6, 6.07) is 1.73. The van der Waals surface area contributed by atoms with Gasteiger partial charge >= 0.3 is 0 Å². The molecule has 0 spiro atoms. The quantitative estimate of drug-likeness (QED) is 0.844. The maximum absolute atomic E-state index is 5.95. The third-order valence-electron chi connectivity index (χ3n) is 1.69. The zero-order valence-corrected chi connectivity index (χ0v) is 9.49. The van der Waals surface area contributed by atoms with Gasteiger partial charge in [-0.25, -0.2) is 4.68 Å². The van der Waals surface area contributed by atoms with Crippen molar-refractivity contribution in [2.24, 2.45) is 7.05 Å². The molecule has 0 saturated carbocycles. The van der Waals surface area contributed by atoms with E-state index in [0.29, 0.717) is 26.0 Å². The summed E-state index contributed by atoms with van der Waals surface area (Å²) >= 11 is 13.0. The lowest BCUT2D eigenvalue weighted by Crippen LogP contribution is -1.97. The molecule has 7 heteroatoms. The van der Waals surface area contributed by atoms with Gasteiger partial charge in [0.1, 0.15) is 4.34 Å². The van der Waals surface area contributed by atoms with Crippen LogP contribution in [0.3, 0.4) is 0 Å². The highest BCUT2D eigenvalue weighted by Crippen LogP contribution is 2.36. The summed E-state index contributed by atoms with van der Waals surface area (Å²) in [5, 5.41) is 4.10. The molecule has 4 nitrogen and oxygen atoms in total. The highest BCUT2D eigenvalue weighted by molar-refractivity contribution is 7.20. The monoisotopic (exact) mass is 248 g/mol. The standard InChI is InChI=1S/C7H6Cl2N4S/c1-13-7(10)11-6(12-13)3-2-4(8)14-5(3)9/h2H,1H3,(H2,10,11,12). The fourth-order valence-electron chi connectivity index (χ4n) is 1.00. The molecule has 2 aromatic rings. The summed E-state index contributed by atoms with van der Waals surface area (Å²) in [7, 11) is 1.72. The molecule has 2 rings (SSSR count). The van der Waals surface area contributed by atoms with E-state index in [1.54, 1.807) is 13.1 Å². The maximum atomic E-state index is 5.95. The Labute approximate surface area is 94.3 Å². The highest BCUT2D eigenvalue weighted by Gasteiger charge is 2.13. The van der Waals surface area contributed by atoms with Crippen molar-refractivity contribution in [2.75, 3.05) is 5.73 Å². The Morgan fingerprint density at radius 2 is 2.21 bits per heavy atom. The van der Waals surface area contributed by atoms with Crippen LogP contribution in [0.2, 0.25) is 8.67 Å². The number of thiophene rings is 1. The molecule has 0 unspecified atom stereocenters. The van der Waals surface area contributed by atoms with Crippen LogP contribution < -0.4 is 5.73 Å². The van der Waals surface area contributed by atoms with Crippen molar-refractivity contribution >= 4 is 40.5 Å². The van der Waals surface area contributed by atoms with Gasteiger partial charge in [-0.2, -0.15) is 4.98 Å². The predicted octanol–water partition coefficient (Wildman–Crippen LogP) is 2.43. The molecule has 14 heavy (non-hydrogen) atoms. The van der Waals surface area contributed by atoms with E-state index in [1.807, 2.05) is 0 Å². The van der Waals surface area contributed by atoms with Gasteiger partial charge in [0.15, 0.2) is 5.82 Å². The Bertz CT molecular complexity index is 456. The third-order valence-corrected chi connectivity index (χ3v) is 3.18. The van der Waals surface area contributed by atoms with Crippen molar-refractivity contribution < 1.29 is 0 Å². The molecule has 0 aliphatic carbocycles. The summed E-state index contributed by atoms with van der Waals surface area (Å²) in [5.74, 6) is 0.844. The van der Waals surface area contributed by atoms with Crippen LogP contribution in [0.15, 0.2) is 6.07 Å². The molecule has 0 atom stereocenters. The fraction of sp³-hybridized carbons (Fsp3) is 0.143. The first-order valence-electron chi connectivity index (χ1n) is 3.69. The topological polar surface area (TPSA) is 56.7 Å². The summed E-state index contributed by atoms with van der Waals surface area (Å²) in [6.07, 6.45) is 0. The number of nitrogens with zero attached hydrogens (tertiary/aromatic N) is 3. The van der Waals surface area contributed by atoms with Crippen LogP contribution in [0.5, 0.6) is 0 Å². The number of halogens is 2. The molecule has 2 aromatic heterocycles. The molecule has 0 aliphatic heterocycles. The van der Waals surface area contributed by atoms with E-state index in [9.17, 15) is 0 Å². The minimum absolute atomic E-state index is 0.346. The number of nitrogens with two attached hydrogens (primary N) is 1. The SMILES string of the molecule is Cn1nc(-c2cc(Cl)sc2Cl)nc1N. The number of aryl methyl sites for hydroxylation is 1. The van der Waals surface area contributed by atoms with Crippen LogP contribution in [0.1, 0.15) is 0 Å². The second-order valence-corrected chi connectivity index (χ2v) is 4.94. The van der Waals surface area contributed by atoms with Gasteiger partial charge in [0.25, 0.3) is 0 Å². The van der Waals surface area contributed by atoms with Gasteiger partial charge in [-0.05, 0) is 6.07 Å². The lowest BCUT2D eigenvalue weighted by atomic mass is 10.3. The molecule has 2 heterocycles. The van der Waals surface area contributed by atoms with E-state index < -0.39 is 0 Å². The van der Waals surface area contributed by atoms with E-state index in [-0.39, 0.29) is 0 Å². The predicted molar refractivity (Wildman–Crippen MR) is 58.7 cm³/mol. The first kappa shape index (κ1) is 9.76. The second-order valence-electron chi connectivity index (χ2n) is 2.66. The average molecular weight is 249 g/mol. The van der Waals surface area contributed by atoms with Gasteiger partial charge in [0, 0.05) is 7.05 Å². The minimum Gasteiger partial charge on any atom is -0.368 e. The molecule has 0 aromatic carbocycles. The van der Waals surface area contributed by atoms with Crippen LogP contribution in [0.25, 0.3) is 11.4 Å². The van der Waals surface area contributed by atoms with Gasteiger partial charge in [-0.1, -0.05) is 23.2 Å². The largest absolute Gasteiger partial charge is 0.368 e. The number of hydrogen-bond acceptors (Lipinski definition) is 4. The van der Waals surface area contributed by atoms with Gasteiger partial charge in [0.2, 0.25) is 5.95 Å². The van der Waals surface area contributed by atoms with Gasteiger partial charge in [-0.3, -0.25) is 0 Å². The summed E-state index contributed by atoms with van der Waals surface area (Å²) in [6.45, 7) is 0. The van der Waals surface area contributed by atoms with Crippen molar-refractivity contribution in [1.82, 2.24) is 14.8 Å². The lowest BCUT2D eigenvalue weighted by Gasteiger charge is -1.88. The summed E-state index contributed by atoms with van der Waals surface area (Å²) in [4.78, 5) is 4.05. The number of anilines is 1. The number of rotatable bonds is 1. The molecule has 0 aliphatic rings. The molecule has 0 amide bonds. The number of nitrogen functional groups attached to an aromatic ring is 1. The van der Waals surface area contributed by atoms with Crippen molar-refractivity contribution in [2.45, 2.75) is 0 Å². The molecule has 2 N–H and O–H groups in total. The minimum atomic E-state index is 0.346. The summed E-state index contributed by atoms with van der Waals surface area (Å²) in [5.41, 5.74) is 6.27. The highest BCUT2D eigenvalue weighted by atomic mass is 35.5. The Hall–Kier alpha value is -0.780. The van der Waals surface area contributed by atoms with Crippen molar-refractivity contribution in [3.8, 4) is 11.4 Å². The second kappa shape index (κ2) is 3.42. The molecule has 74 valence electrons. The summed E-state index contributed by atoms with van der Waals surface area (Å²) < 4.78 is 2.66. The number of aromatic nitrogens is 3. The Balaban J connectivity index is 2.54. The van der Waals surface area contributed by atoms with E-state index in [4.69, 9.17) is 28.9 Å². The normalized spacial score (nSPS) is 10.8. The van der Waals surface area contributed by atoms with Crippen LogP contribution in [-0.2, 0) is 7.05 Å². The Morgan fingerprint density at radius 1 is 1.50 bits per heavy atom. The third kappa shape index (κ3) is 1.58. The van der Waals surface area contributed by atoms with E-state index in [0.717, 1.165) is 0 Å². The van der Waals surface area contributed by atoms with Crippen molar-refractivity contribution in [3.05, 3.63) is 14.7 Å². The lowest BCUT2D eigenvalue weighted by molar-refractivity contribution is 0.781. The molecular weight excluding hydrogens is 243 g/mol. The van der Waals surface area contributed by atoms with Crippen LogP contribution >= 0.6 is 34.5 Å². The molecule has 0 radical (unpaired) electrons. The fourth-order valence-corrected chi connectivity index (χ4v) is 2.46. The Kier molecular flexibility index (Phi) is 2.38. The molecule has 0 bridgehead atoms. The van der Waals surface area contributed by atoms with Crippen LogP contribution in [-0.4, -0.2) is 14.8 Å². The van der Waals surface area contributed by atoms with Gasteiger partial charge < -0.3 is 5.73 Å². The Morgan fingerprint density at radius 3 is 2.64 bits per heavy atom. The molecular formula is C7H6Cl2N4S. The maximum Gasteiger partial charge on any atom is 0.218 e. The smallest absolute Gasteiger partial charge is 0.218 e. The van der Waals surface area contributed by atoms with Crippen LogP contribution in [0, 0.1) is 0 Å². The first-order chi connectivity index (χ1) is 6.58. The van der Waals surface area contributed by atoms with Crippen molar-refractivity contribution in [3.63, 3.8) is 0 Å². The van der Waals surface area contributed by atoms with E-state index in [2.05, 4.69) is 10.1 Å².